The molecular formula is C58H56N6Na2O12. The molecular weight excluding hydrogens is 1020 g/mol. The van der Waals surface area contributed by atoms with E-state index in [0.717, 1.165) is 58.1 Å². The fourth-order valence-corrected chi connectivity index (χ4v) is 10.6. The number of aliphatic hydroxyl groups excluding tert-OH is 2. The van der Waals surface area contributed by atoms with Crippen molar-refractivity contribution < 1.29 is 118 Å². The zero-order chi connectivity index (χ0) is 53.9. The SMILES string of the molecule is CCCc1nc2c(n1Cc1ccc(-c3ccccc3C(=O)[O-])cc1)C1C(O)=C(C(=O)OCC)C(=O)N1CC2.CCCc1nc2c(n1Cc1ccc(-c3ccccc3C(=O)[O-])cc1)C1C(O)=C(C(=O)OCC)C(=O)N1CC2.[Na+].[Na+]. The first kappa shape index (κ1) is 58.9. The molecule has 10 rings (SSSR count). The van der Waals surface area contributed by atoms with Crippen molar-refractivity contribution in [2.75, 3.05) is 26.3 Å². The number of imidazole rings is 2. The van der Waals surface area contributed by atoms with Gasteiger partial charge in [-0.3, -0.25) is 9.59 Å². The molecule has 0 saturated heterocycles. The minimum Gasteiger partial charge on any atom is -0.545 e. The number of aliphatic hydroxyl groups is 2. The first-order valence-corrected chi connectivity index (χ1v) is 25.5. The molecule has 0 bridgehead atoms. The second kappa shape index (κ2) is 25.3. The Labute approximate surface area is 495 Å². The van der Waals surface area contributed by atoms with Crippen LogP contribution < -0.4 is 69.3 Å². The van der Waals surface area contributed by atoms with Crippen LogP contribution in [-0.2, 0) is 67.4 Å². The predicted octanol–water partition coefficient (Wildman–Crippen LogP) is -0.534. The van der Waals surface area contributed by atoms with E-state index in [2.05, 4.69) is 13.8 Å². The van der Waals surface area contributed by atoms with E-state index in [0.29, 0.717) is 74.4 Å². The number of aromatic nitrogens is 4. The van der Waals surface area contributed by atoms with Crippen LogP contribution in [0, 0.1) is 0 Å². The van der Waals surface area contributed by atoms with E-state index in [1.807, 2.05) is 57.7 Å². The Hall–Kier alpha value is -6.80. The molecule has 4 aliphatic rings. The molecule has 0 aliphatic carbocycles. The average molecular weight is 1080 g/mol. The normalized spacial score (nSPS) is 16.0. The van der Waals surface area contributed by atoms with Crippen molar-refractivity contribution in [1.29, 1.82) is 0 Å². The molecule has 2 aromatic heterocycles. The molecule has 0 saturated carbocycles. The van der Waals surface area contributed by atoms with Gasteiger partial charge in [-0.25, -0.2) is 19.6 Å². The molecule has 2 atom stereocenters. The van der Waals surface area contributed by atoms with Gasteiger partial charge in [0.2, 0.25) is 0 Å². The third-order valence-electron chi connectivity index (χ3n) is 14.0. The van der Waals surface area contributed by atoms with Gasteiger partial charge in [-0.2, -0.15) is 0 Å². The molecule has 78 heavy (non-hydrogen) atoms. The standard InChI is InChI=1S/2C29H29N3O6.2Na/c2*1-3-7-22-30-21-14-15-31-25(26(33)23(27(31)34)29(37)38-4-2)24(21)32(22)16-17-10-12-18(13-11-17)19-8-5-6-9-20(19)28(35)36;;/h2*5-6,8-13,25,33H,3-4,7,14-16H2,1-2H3,(H,35,36);;/q;;2*+1/p-2. The van der Waals surface area contributed by atoms with Crippen LogP contribution in [-0.4, -0.2) is 101 Å². The maximum absolute atomic E-state index is 13.1. The molecule has 4 aliphatic heterocycles. The summed E-state index contributed by atoms with van der Waals surface area (Å²) in [6.07, 6.45) is 4.17. The number of esters is 2. The molecule has 0 fully saturated rings. The third kappa shape index (κ3) is 11.2. The van der Waals surface area contributed by atoms with Gasteiger partial charge >= 0.3 is 71.1 Å². The van der Waals surface area contributed by atoms with Crippen molar-refractivity contribution in [2.45, 2.75) is 91.4 Å². The van der Waals surface area contributed by atoms with E-state index in [1.54, 1.807) is 50.2 Å². The summed E-state index contributed by atoms with van der Waals surface area (Å²) < 4.78 is 14.1. The third-order valence-corrected chi connectivity index (χ3v) is 14.0. The zero-order valence-electron chi connectivity index (χ0n) is 44.5. The van der Waals surface area contributed by atoms with Crippen molar-refractivity contribution >= 4 is 35.7 Å². The summed E-state index contributed by atoms with van der Waals surface area (Å²) in [6.45, 7) is 9.16. The average Bonchev–Trinajstić information content (AvgIpc) is 4.26. The number of carboxylic acid groups (broad SMARTS) is 2. The number of carbonyl (C=O) groups is 6. The van der Waals surface area contributed by atoms with Gasteiger partial charge in [0, 0.05) is 63.0 Å². The number of rotatable bonds is 16. The van der Waals surface area contributed by atoms with Gasteiger partial charge in [0.1, 0.15) is 35.3 Å². The molecule has 20 heteroatoms. The summed E-state index contributed by atoms with van der Waals surface area (Å²) in [4.78, 5) is 86.9. The number of aryl methyl sites for hydroxylation is 2. The number of carboxylic acids is 2. The van der Waals surface area contributed by atoms with E-state index in [4.69, 9.17) is 19.4 Å². The van der Waals surface area contributed by atoms with E-state index < -0.39 is 47.8 Å². The van der Waals surface area contributed by atoms with Crippen molar-refractivity contribution in [2.24, 2.45) is 0 Å². The molecule has 2 N–H and O–H groups in total. The topological polar surface area (TPSA) is 250 Å². The summed E-state index contributed by atoms with van der Waals surface area (Å²) in [5, 5.41) is 45.3. The Morgan fingerprint density at radius 1 is 0.564 bits per heavy atom. The van der Waals surface area contributed by atoms with Gasteiger partial charge in [-0.15, -0.1) is 0 Å². The molecule has 2 amide bonds. The van der Waals surface area contributed by atoms with Crippen molar-refractivity contribution in [1.82, 2.24) is 28.9 Å². The van der Waals surface area contributed by atoms with Crippen LogP contribution in [0.1, 0.15) is 119 Å². The summed E-state index contributed by atoms with van der Waals surface area (Å²) in [5.74, 6) is -4.08. The Balaban J connectivity index is 0.000000220. The van der Waals surface area contributed by atoms with Crippen molar-refractivity contribution in [3.8, 4) is 22.3 Å². The van der Waals surface area contributed by atoms with Crippen molar-refractivity contribution in [3.63, 3.8) is 0 Å². The molecule has 18 nitrogen and oxygen atoms in total. The molecule has 392 valence electrons. The number of hydrogen-bond acceptors (Lipinski definition) is 14. The van der Waals surface area contributed by atoms with E-state index in [9.17, 15) is 49.2 Å². The number of carbonyl (C=O) groups excluding carboxylic acids is 6. The first-order chi connectivity index (χ1) is 36.7. The van der Waals surface area contributed by atoms with Crippen LogP contribution in [0.4, 0.5) is 0 Å². The number of fused-ring (bicyclic) bond motifs is 6. The fourth-order valence-electron chi connectivity index (χ4n) is 10.6. The van der Waals surface area contributed by atoms with Crippen LogP contribution >= 0.6 is 0 Å². The number of amides is 2. The molecule has 6 aromatic rings. The smallest absolute Gasteiger partial charge is 0.545 e. The Morgan fingerprint density at radius 3 is 1.26 bits per heavy atom. The number of nitrogens with zero attached hydrogens (tertiary/aromatic N) is 6. The predicted molar refractivity (Wildman–Crippen MR) is 272 cm³/mol. The maximum Gasteiger partial charge on any atom is 1.00 e. The monoisotopic (exact) mass is 1070 g/mol. The molecule has 2 unspecified atom stereocenters. The molecule has 0 radical (unpaired) electrons. The van der Waals surface area contributed by atoms with Gasteiger partial charge < -0.3 is 58.4 Å². The maximum atomic E-state index is 13.1. The quantitative estimate of drug-likeness (QED) is 0.0703. The minimum absolute atomic E-state index is 0. The van der Waals surface area contributed by atoms with Crippen LogP contribution in [0.2, 0.25) is 0 Å². The summed E-state index contributed by atoms with van der Waals surface area (Å²) in [6, 6.07) is 27.0. The van der Waals surface area contributed by atoms with E-state index in [1.165, 1.54) is 21.9 Å². The fraction of sp³-hybridized carbons (Fsp3) is 0.310. The molecule has 4 aromatic carbocycles. The Morgan fingerprint density at radius 2 is 0.923 bits per heavy atom. The van der Waals surface area contributed by atoms with Crippen LogP contribution in [0.25, 0.3) is 22.3 Å². The summed E-state index contributed by atoms with van der Waals surface area (Å²) in [7, 11) is 0. The van der Waals surface area contributed by atoms with E-state index >= 15 is 0 Å². The Kier molecular flexibility index (Phi) is 19.1. The number of hydrogen-bond donors (Lipinski definition) is 2. The van der Waals surface area contributed by atoms with E-state index in [-0.39, 0.29) is 106 Å². The number of aromatic carboxylic acids is 2. The van der Waals surface area contributed by atoms with Crippen LogP contribution in [0.15, 0.2) is 120 Å². The number of ether oxygens (including phenoxy) is 2. The van der Waals surface area contributed by atoms with Gasteiger partial charge in [0.15, 0.2) is 11.1 Å². The second-order valence-corrected chi connectivity index (χ2v) is 18.7. The largest absolute Gasteiger partial charge is 1.00 e. The summed E-state index contributed by atoms with van der Waals surface area (Å²) in [5.41, 5.74) is 7.17. The first-order valence-electron chi connectivity index (χ1n) is 25.5. The zero-order valence-corrected chi connectivity index (χ0v) is 48.5. The van der Waals surface area contributed by atoms with Gasteiger partial charge in [0.25, 0.3) is 11.8 Å². The molecule has 0 spiro atoms. The molecule has 6 heterocycles. The van der Waals surface area contributed by atoms with Gasteiger partial charge in [-0.05, 0) is 60.1 Å². The summed E-state index contributed by atoms with van der Waals surface area (Å²) >= 11 is 0. The minimum atomic E-state index is -1.23. The second-order valence-electron chi connectivity index (χ2n) is 18.7. The van der Waals surface area contributed by atoms with Crippen LogP contribution in [0.3, 0.4) is 0 Å². The Bertz CT molecular complexity index is 3140. The number of benzene rings is 4. The van der Waals surface area contributed by atoms with Gasteiger partial charge in [0.05, 0.1) is 47.9 Å². The van der Waals surface area contributed by atoms with Gasteiger partial charge in [-0.1, -0.05) is 111 Å². The van der Waals surface area contributed by atoms with Crippen molar-refractivity contribution in [3.05, 3.63) is 176 Å². The van der Waals surface area contributed by atoms with Crippen LogP contribution in [0.5, 0.6) is 0 Å².